The van der Waals surface area contributed by atoms with E-state index in [1.54, 1.807) is 12.2 Å². The number of carbonyl (C=O) groups excluding carboxylic acids is 2. The maximum atomic E-state index is 11.2. The first-order valence-electron chi connectivity index (χ1n) is 6.31. The normalized spacial score (nSPS) is 27.7. The second-order valence-electron chi connectivity index (χ2n) is 4.92. The zero-order chi connectivity index (χ0) is 13.1. The van der Waals surface area contributed by atoms with Gasteiger partial charge in [0.1, 0.15) is 0 Å². The summed E-state index contributed by atoms with van der Waals surface area (Å²) in [4.78, 5) is 23.0. The number of ketones is 2. The number of hydrogen-bond acceptors (Lipinski definition) is 2. The van der Waals surface area contributed by atoms with Gasteiger partial charge in [0.15, 0.2) is 11.6 Å². The van der Waals surface area contributed by atoms with Crippen LogP contribution in [0.1, 0.15) is 38.5 Å². The molecule has 0 amide bonds. The minimum absolute atomic E-state index is 0.233. The predicted molar refractivity (Wildman–Crippen MR) is 79.3 cm³/mol. The highest BCUT2D eigenvalue weighted by atomic mass is 79.9. The van der Waals surface area contributed by atoms with Gasteiger partial charge < -0.3 is 0 Å². The van der Waals surface area contributed by atoms with Crippen molar-refractivity contribution in [1.29, 1.82) is 0 Å². The Morgan fingerprint density at radius 3 is 1.56 bits per heavy atom. The summed E-state index contributed by atoms with van der Waals surface area (Å²) in [6.45, 7) is 0. The van der Waals surface area contributed by atoms with Crippen LogP contribution in [0.15, 0.2) is 23.3 Å². The van der Waals surface area contributed by atoms with Crippen molar-refractivity contribution in [1.82, 2.24) is 0 Å². The molecule has 2 aliphatic carbocycles. The lowest BCUT2D eigenvalue weighted by molar-refractivity contribution is -0.114. The summed E-state index contributed by atoms with van der Waals surface area (Å²) in [6.07, 6.45) is 8.90. The summed E-state index contributed by atoms with van der Waals surface area (Å²) in [5, 5.41) is 0. The van der Waals surface area contributed by atoms with E-state index in [4.69, 9.17) is 0 Å². The molecule has 0 aromatic heterocycles. The topological polar surface area (TPSA) is 34.1 Å². The lowest BCUT2D eigenvalue weighted by Crippen LogP contribution is -1.99. The number of carbonyl (C=O) groups is 2. The second kappa shape index (κ2) is 6.29. The van der Waals surface area contributed by atoms with Crippen molar-refractivity contribution in [3.63, 3.8) is 0 Å². The number of rotatable bonds is 5. The summed E-state index contributed by atoms with van der Waals surface area (Å²) in [5.41, 5.74) is 2.46. The van der Waals surface area contributed by atoms with Crippen LogP contribution >= 0.6 is 31.9 Å². The quantitative estimate of drug-likeness (QED) is 0.539. The average molecular weight is 376 g/mol. The SMILES string of the molecule is O=C1C=C(CCCCC2=CC(=O)CC2Br)C(Br)C1. The summed E-state index contributed by atoms with van der Waals surface area (Å²) in [5.74, 6) is 0.466. The Morgan fingerprint density at radius 1 is 0.889 bits per heavy atom. The minimum atomic E-state index is 0.233. The number of hydrogen-bond donors (Lipinski definition) is 0. The van der Waals surface area contributed by atoms with Gasteiger partial charge in [-0.15, -0.1) is 0 Å². The third kappa shape index (κ3) is 3.64. The van der Waals surface area contributed by atoms with Gasteiger partial charge >= 0.3 is 0 Å². The Kier molecular flexibility index (Phi) is 4.96. The fourth-order valence-electron chi connectivity index (χ4n) is 2.44. The molecule has 2 atom stereocenters. The van der Waals surface area contributed by atoms with Gasteiger partial charge in [-0.25, -0.2) is 0 Å². The Morgan fingerprint density at radius 2 is 1.28 bits per heavy atom. The van der Waals surface area contributed by atoms with Crippen molar-refractivity contribution >= 4 is 43.4 Å². The Balaban J connectivity index is 1.71. The highest BCUT2D eigenvalue weighted by Crippen LogP contribution is 2.30. The molecule has 2 aliphatic rings. The van der Waals surface area contributed by atoms with Crippen molar-refractivity contribution in [2.75, 3.05) is 0 Å². The molecule has 0 heterocycles. The molecule has 0 bridgehead atoms. The van der Waals surface area contributed by atoms with Crippen molar-refractivity contribution in [3.8, 4) is 0 Å². The van der Waals surface area contributed by atoms with E-state index in [1.165, 1.54) is 11.1 Å². The molecule has 2 unspecified atom stereocenters. The first kappa shape index (κ1) is 14.2. The molecular formula is C14H16Br2O2. The zero-order valence-electron chi connectivity index (χ0n) is 10.1. The molecule has 0 N–H and O–H groups in total. The van der Waals surface area contributed by atoms with E-state index in [0.29, 0.717) is 12.8 Å². The Hall–Kier alpha value is -0.220. The molecular weight excluding hydrogens is 360 g/mol. The Bertz CT molecular complexity index is 384. The highest BCUT2D eigenvalue weighted by Gasteiger charge is 2.23. The van der Waals surface area contributed by atoms with E-state index < -0.39 is 0 Å². The third-order valence-electron chi connectivity index (χ3n) is 3.44. The average Bonchev–Trinajstić information content (AvgIpc) is 2.77. The molecule has 98 valence electrons. The van der Waals surface area contributed by atoms with Gasteiger partial charge in [-0.3, -0.25) is 9.59 Å². The first-order valence-corrected chi connectivity index (χ1v) is 8.14. The molecule has 2 rings (SSSR count). The minimum Gasteiger partial charge on any atom is -0.295 e. The van der Waals surface area contributed by atoms with E-state index in [9.17, 15) is 9.59 Å². The van der Waals surface area contributed by atoms with Gasteiger partial charge in [-0.1, -0.05) is 43.0 Å². The van der Waals surface area contributed by atoms with E-state index in [2.05, 4.69) is 31.9 Å². The van der Waals surface area contributed by atoms with Gasteiger partial charge in [0.05, 0.1) is 0 Å². The summed E-state index contributed by atoms with van der Waals surface area (Å²) < 4.78 is 0. The van der Waals surface area contributed by atoms with E-state index in [-0.39, 0.29) is 21.2 Å². The number of halogens is 2. The zero-order valence-corrected chi connectivity index (χ0v) is 13.3. The van der Waals surface area contributed by atoms with Gasteiger partial charge in [0, 0.05) is 22.5 Å². The van der Waals surface area contributed by atoms with Gasteiger partial charge in [0.2, 0.25) is 0 Å². The van der Waals surface area contributed by atoms with Crippen LogP contribution < -0.4 is 0 Å². The van der Waals surface area contributed by atoms with Crippen LogP contribution in [-0.4, -0.2) is 21.2 Å². The fourth-order valence-corrected chi connectivity index (χ4v) is 3.80. The molecule has 0 spiro atoms. The van der Waals surface area contributed by atoms with Crippen LogP contribution in [-0.2, 0) is 9.59 Å². The van der Waals surface area contributed by atoms with Crippen LogP contribution in [0.4, 0.5) is 0 Å². The van der Waals surface area contributed by atoms with Crippen LogP contribution in [0, 0.1) is 0 Å². The molecule has 0 aromatic rings. The Labute approximate surface area is 124 Å². The van der Waals surface area contributed by atoms with E-state index in [1.807, 2.05) is 0 Å². The molecule has 18 heavy (non-hydrogen) atoms. The summed E-state index contributed by atoms with van der Waals surface area (Å²) >= 11 is 7.06. The molecule has 0 aliphatic heterocycles. The van der Waals surface area contributed by atoms with Crippen molar-refractivity contribution < 1.29 is 9.59 Å². The smallest absolute Gasteiger partial charge is 0.157 e. The standard InChI is InChI=1S/C14H16Br2O2/c15-13-7-11(17)5-9(13)3-1-2-4-10-6-12(18)8-14(10)16/h5-6,13-14H,1-4,7-8H2. The van der Waals surface area contributed by atoms with Crippen LogP contribution in [0.5, 0.6) is 0 Å². The molecule has 4 heteroatoms. The van der Waals surface area contributed by atoms with Crippen molar-refractivity contribution in [2.45, 2.75) is 48.2 Å². The molecule has 0 fully saturated rings. The maximum absolute atomic E-state index is 11.2. The maximum Gasteiger partial charge on any atom is 0.157 e. The van der Waals surface area contributed by atoms with Crippen molar-refractivity contribution in [2.24, 2.45) is 0 Å². The molecule has 0 saturated carbocycles. The van der Waals surface area contributed by atoms with Crippen molar-refractivity contribution in [3.05, 3.63) is 23.3 Å². The first-order chi connectivity index (χ1) is 8.56. The molecule has 2 nitrogen and oxygen atoms in total. The number of unbranched alkanes of at least 4 members (excludes halogenated alkanes) is 1. The third-order valence-corrected chi connectivity index (χ3v) is 5.26. The number of alkyl halides is 2. The van der Waals surface area contributed by atoms with Crippen LogP contribution in [0.2, 0.25) is 0 Å². The lowest BCUT2D eigenvalue weighted by atomic mass is 10.0. The van der Waals surface area contributed by atoms with E-state index >= 15 is 0 Å². The summed E-state index contributed by atoms with van der Waals surface area (Å²) in [7, 11) is 0. The largest absolute Gasteiger partial charge is 0.295 e. The van der Waals surface area contributed by atoms with E-state index in [0.717, 1.165) is 25.7 Å². The molecule has 0 saturated heterocycles. The molecule has 0 aromatic carbocycles. The van der Waals surface area contributed by atoms with Crippen LogP contribution in [0.25, 0.3) is 0 Å². The van der Waals surface area contributed by atoms with Crippen LogP contribution in [0.3, 0.4) is 0 Å². The fraction of sp³-hybridized carbons (Fsp3) is 0.571. The molecule has 0 radical (unpaired) electrons. The predicted octanol–water partition coefficient (Wildman–Crippen LogP) is 3.87. The lowest BCUT2D eigenvalue weighted by Gasteiger charge is -2.08. The number of allylic oxidation sites excluding steroid dienone is 4. The van der Waals surface area contributed by atoms with Gasteiger partial charge in [-0.05, 0) is 37.8 Å². The van der Waals surface area contributed by atoms with Gasteiger partial charge in [0.25, 0.3) is 0 Å². The van der Waals surface area contributed by atoms with Gasteiger partial charge in [-0.2, -0.15) is 0 Å². The second-order valence-corrected chi connectivity index (χ2v) is 7.13. The highest BCUT2D eigenvalue weighted by molar-refractivity contribution is 9.09. The summed E-state index contributed by atoms with van der Waals surface area (Å²) in [6, 6.07) is 0. The monoisotopic (exact) mass is 374 g/mol.